The number of anilines is 1. The smallest absolute Gasteiger partial charge is 0.399 e. The van der Waals surface area contributed by atoms with E-state index in [1.165, 1.54) is 0 Å². The van der Waals surface area contributed by atoms with Gasteiger partial charge in [0.25, 0.3) is 0 Å². The molecule has 114 valence electrons. The maximum atomic E-state index is 6.16. The minimum Gasteiger partial charge on any atom is -0.399 e. The number of morpholine rings is 1. The Morgan fingerprint density at radius 3 is 2.33 bits per heavy atom. The molecule has 0 saturated carbocycles. The van der Waals surface area contributed by atoms with Crippen molar-refractivity contribution in [2.24, 2.45) is 0 Å². The van der Waals surface area contributed by atoms with E-state index in [4.69, 9.17) is 14.0 Å². The topological polar surface area (TPSA) is 43.8 Å². The summed E-state index contributed by atoms with van der Waals surface area (Å²) >= 11 is 0. The van der Waals surface area contributed by atoms with Crippen LogP contribution in [0, 0.1) is 0 Å². The molecule has 0 unspecified atom stereocenters. The fourth-order valence-electron chi connectivity index (χ4n) is 2.60. The molecule has 3 rings (SSSR count). The minimum atomic E-state index is -0.374. The molecule has 2 fully saturated rings. The lowest BCUT2D eigenvalue weighted by atomic mass is 9.79. The Hall–Kier alpha value is -1.11. The summed E-state index contributed by atoms with van der Waals surface area (Å²) in [5, 5.41) is 0. The van der Waals surface area contributed by atoms with Crippen LogP contribution < -0.4 is 10.4 Å². The lowest BCUT2D eigenvalue weighted by molar-refractivity contribution is 0.00578. The first-order valence-corrected chi connectivity index (χ1v) is 7.54. The maximum Gasteiger partial charge on any atom is 0.498 e. The summed E-state index contributed by atoms with van der Waals surface area (Å²) in [6.07, 6.45) is 1.82. The summed E-state index contributed by atoms with van der Waals surface area (Å²) in [5.41, 5.74) is 0.323. The molecular formula is C15H23BN2O3. The molecule has 2 aliphatic rings. The molecule has 2 saturated heterocycles. The highest BCUT2D eigenvalue weighted by atomic mass is 16.7. The largest absolute Gasteiger partial charge is 0.498 e. The van der Waals surface area contributed by atoms with E-state index >= 15 is 0 Å². The fraction of sp³-hybridized carbons (Fsp3) is 0.667. The zero-order valence-corrected chi connectivity index (χ0v) is 13.3. The van der Waals surface area contributed by atoms with Gasteiger partial charge in [0.15, 0.2) is 0 Å². The summed E-state index contributed by atoms with van der Waals surface area (Å²) in [6.45, 7) is 11.4. The molecule has 0 N–H and O–H groups in total. The Balaban J connectivity index is 1.89. The van der Waals surface area contributed by atoms with Crippen molar-refractivity contribution in [3.8, 4) is 0 Å². The number of ether oxygens (including phenoxy) is 1. The van der Waals surface area contributed by atoms with Crippen molar-refractivity contribution in [2.75, 3.05) is 31.2 Å². The molecule has 0 atom stereocenters. The number of nitrogens with zero attached hydrogens (tertiary/aromatic N) is 2. The highest BCUT2D eigenvalue weighted by Crippen LogP contribution is 2.37. The zero-order valence-electron chi connectivity index (χ0n) is 13.3. The lowest BCUT2D eigenvalue weighted by Gasteiger charge is -2.32. The van der Waals surface area contributed by atoms with Crippen LogP contribution in [0.4, 0.5) is 5.82 Å². The average molecular weight is 290 g/mol. The lowest BCUT2D eigenvalue weighted by Crippen LogP contribution is -2.44. The molecule has 0 spiro atoms. The molecule has 0 radical (unpaired) electrons. The monoisotopic (exact) mass is 290 g/mol. The van der Waals surface area contributed by atoms with E-state index in [1.54, 1.807) is 0 Å². The van der Waals surface area contributed by atoms with E-state index in [1.807, 2.05) is 18.3 Å². The Labute approximate surface area is 126 Å². The van der Waals surface area contributed by atoms with Crippen LogP contribution in [-0.4, -0.2) is 49.6 Å². The highest BCUT2D eigenvalue weighted by molar-refractivity contribution is 6.63. The van der Waals surface area contributed by atoms with Crippen LogP contribution in [0.3, 0.4) is 0 Å². The number of pyridine rings is 1. The van der Waals surface area contributed by atoms with Gasteiger partial charge in [-0.05, 0) is 33.8 Å². The molecule has 0 bridgehead atoms. The van der Waals surface area contributed by atoms with E-state index in [0.717, 1.165) is 37.6 Å². The van der Waals surface area contributed by atoms with Crippen LogP contribution in [-0.2, 0) is 14.0 Å². The number of rotatable bonds is 2. The summed E-state index contributed by atoms with van der Waals surface area (Å²) in [5.74, 6) is 0.944. The number of hydrogen-bond donors (Lipinski definition) is 0. The molecule has 0 amide bonds. The molecule has 5 nitrogen and oxygen atoms in total. The molecule has 0 aromatic carbocycles. The Kier molecular flexibility index (Phi) is 3.72. The van der Waals surface area contributed by atoms with Gasteiger partial charge >= 0.3 is 7.12 Å². The van der Waals surface area contributed by atoms with E-state index in [-0.39, 0.29) is 18.3 Å². The maximum absolute atomic E-state index is 6.16. The molecule has 6 heteroatoms. The number of hydrogen-bond acceptors (Lipinski definition) is 5. The summed E-state index contributed by atoms with van der Waals surface area (Å²) < 4.78 is 17.7. The van der Waals surface area contributed by atoms with Crippen molar-refractivity contribution in [2.45, 2.75) is 38.9 Å². The number of aromatic nitrogens is 1. The van der Waals surface area contributed by atoms with Crippen LogP contribution >= 0.6 is 0 Å². The first kappa shape index (κ1) is 14.8. The summed E-state index contributed by atoms with van der Waals surface area (Å²) in [6, 6.07) is 3.98. The third kappa shape index (κ3) is 2.68. The molecule has 3 heterocycles. The SMILES string of the molecule is CC1(C)OB(c2cccnc2N2CCOCC2)OC1(C)C. The van der Waals surface area contributed by atoms with Crippen molar-refractivity contribution in [1.82, 2.24) is 4.98 Å². The van der Waals surface area contributed by atoms with Crippen LogP contribution in [0.2, 0.25) is 0 Å². The fourth-order valence-corrected chi connectivity index (χ4v) is 2.60. The van der Waals surface area contributed by atoms with Gasteiger partial charge in [-0.25, -0.2) is 4.98 Å². The summed E-state index contributed by atoms with van der Waals surface area (Å²) in [7, 11) is -0.374. The normalized spacial score (nSPS) is 24.4. The van der Waals surface area contributed by atoms with E-state index in [9.17, 15) is 0 Å². The Bertz CT molecular complexity index is 499. The van der Waals surface area contributed by atoms with Gasteiger partial charge in [0.1, 0.15) is 5.82 Å². The van der Waals surface area contributed by atoms with Crippen molar-refractivity contribution in [3.05, 3.63) is 18.3 Å². The van der Waals surface area contributed by atoms with Gasteiger partial charge in [-0.3, -0.25) is 0 Å². The first-order valence-electron chi connectivity index (χ1n) is 7.54. The zero-order chi connectivity index (χ0) is 15.1. The first-order chi connectivity index (χ1) is 9.91. The van der Waals surface area contributed by atoms with E-state index in [0.29, 0.717) is 0 Å². The van der Waals surface area contributed by atoms with E-state index in [2.05, 4.69) is 37.6 Å². The van der Waals surface area contributed by atoms with Gasteiger partial charge in [-0.15, -0.1) is 0 Å². The van der Waals surface area contributed by atoms with Crippen LogP contribution in [0.5, 0.6) is 0 Å². The minimum absolute atomic E-state index is 0.338. The van der Waals surface area contributed by atoms with Crippen molar-refractivity contribution < 1.29 is 14.0 Å². The second-order valence-corrected chi connectivity index (χ2v) is 6.60. The predicted molar refractivity (Wildman–Crippen MR) is 83.0 cm³/mol. The van der Waals surface area contributed by atoms with Crippen LogP contribution in [0.1, 0.15) is 27.7 Å². The van der Waals surface area contributed by atoms with Crippen LogP contribution in [0.25, 0.3) is 0 Å². The summed E-state index contributed by atoms with van der Waals surface area (Å²) in [4.78, 5) is 6.79. The Morgan fingerprint density at radius 1 is 1.10 bits per heavy atom. The second-order valence-electron chi connectivity index (χ2n) is 6.60. The van der Waals surface area contributed by atoms with Crippen molar-refractivity contribution in [1.29, 1.82) is 0 Å². The van der Waals surface area contributed by atoms with Gasteiger partial charge in [-0.2, -0.15) is 0 Å². The van der Waals surface area contributed by atoms with Crippen molar-refractivity contribution >= 4 is 18.4 Å². The second kappa shape index (κ2) is 5.27. The van der Waals surface area contributed by atoms with Crippen molar-refractivity contribution in [3.63, 3.8) is 0 Å². The van der Waals surface area contributed by atoms with Gasteiger partial charge in [0, 0.05) is 24.7 Å². The molecular weight excluding hydrogens is 267 g/mol. The molecule has 1 aromatic rings. The molecule has 0 aliphatic carbocycles. The highest BCUT2D eigenvalue weighted by Gasteiger charge is 2.52. The van der Waals surface area contributed by atoms with Gasteiger partial charge in [0.05, 0.1) is 24.4 Å². The average Bonchev–Trinajstić information content (AvgIpc) is 2.68. The van der Waals surface area contributed by atoms with E-state index < -0.39 is 0 Å². The molecule has 1 aromatic heterocycles. The van der Waals surface area contributed by atoms with Gasteiger partial charge < -0.3 is 18.9 Å². The Morgan fingerprint density at radius 2 is 1.71 bits per heavy atom. The van der Waals surface area contributed by atoms with Gasteiger partial charge in [0.2, 0.25) is 0 Å². The van der Waals surface area contributed by atoms with Crippen LogP contribution in [0.15, 0.2) is 18.3 Å². The molecule has 21 heavy (non-hydrogen) atoms. The third-order valence-electron chi connectivity index (χ3n) is 4.63. The molecule has 2 aliphatic heterocycles. The quantitative estimate of drug-likeness (QED) is 0.766. The third-order valence-corrected chi connectivity index (χ3v) is 4.63. The van der Waals surface area contributed by atoms with Gasteiger partial charge in [-0.1, -0.05) is 6.07 Å². The standard InChI is InChI=1S/C15H23BN2O3/c1-14(2)15(3,4)21-16(20-14)12-6-5-7-17-13(12)18-8-10-19-11-9-18/h5-7H,8-11H2,1-4H3. The predicted octanol–water partition coefficient (Wildman–Crippen LogP) is 1.22.